The Labute approximate surface area is 230 Å². The van der Waals surface area contributed by atoms with Gasteiger partial charge in [0.05, 0.1) is 18.4 Å². The summed E-state index contributed by atoms with van der Waals surface area (Å²) in [5, 5.41) is 1.12. The van der Waals surface area contributed by atoms with Gasteiger partial charge in [-0.25, -0.2) is 0 Å². The number of carbonyl (C=O) groups is 2. The summed E-state index contributed by atoms with van der Waals surface area (Å²) in [5.74, 6) is -1.25. The molecule has 3 aromatic rings. The lowest BCUT2D eigenvalue weighted by Gasteiger charge is -2.45. The number of anilines is 1. The third-order valence-electron chi connectivity index (χ3n) is 9.24. The van der Waals surface area contributed by atoms with Crippen molar-refractivity contribution in [3.8, 4) is 0 Å². The standard InChI is InChI=1S/C33H35N3O3/c37-32-30-28-24-13-5-6-14-25(24)29(27-16-8-7-15-26(27)28)31(30)33(38)36(32)39-22-10-2-9-17-34-18-20-35(21-19-34)23-11-3-1-4-12-23/h1,3-8,11-16,28-31H,2,9-10,17-22H2. The molecule has 200 valence electrons. The normalized spacial score (nSPS) is 25.5. The van der Waals surface area contributed by atoms with Crippen molar-refractivity contribution in [2.75, 3.05) is 44.2 Å². The summed E-state index contributed by atoms with van der Waals surface area (Å²) in [6, 6.07) is 27.3. The fourth-order valence-electron chi connectivity index (χ4n) is 7.42. The monoisotopic (exact) mass is 521 g/mol. The number of unbranched alkanes of at least 4 members (excludes halogenated alkanes) is 2. The summed E-state index contributed by atoms with van der Waals surface area (Å²) in [6.07, 6.45) is 2.95. The molecule has 3 aromatic carbocycles. The average molecular weight is 522 g/mol. The molecular formula is C33H35N3O3. The van der Waals surface area contributed by atoms with Gasteiger partial charge >= 0.3 is 0 Å². The van der Waals surface area contributed by atoms with Gasteiger partial charge in [-0.15, -0.1) is 0 Å². The maximum Gasteiger partial charge on any atom is 0.258 e. The Morgan fingerprint density at radius 3 is 1.67 bits per heavy atom. The first-order valence-corrected chi connectivity index (χ1v) is 14.4. The zero-order chi connectivity index (χ0) is 26.3. The summed E-state index contributed by atoms with van der Waals surface area (Å²) < 4.78 is 0. The number of hydrogen-bond acceptors (Lipinski definition) is 5. The van der Waals surface area contributed by atoms with Crippen LogP contribution >= 0.6 is 0 Å². The molecule has 3 aliphatic carbocycles. The summed E-state index contributed by atoms with van der Waals surface area (Å²) in [4.78, 5) is 38.1. The zero-order valence-electron chi connectivity index (χ0n) is 22.2. The van der Waals surface area contributed by atoms with E-state index in [-0.39, 0.29) is 35.5 Å². The van der Waals surface area contributed by atoms with Crippen molar-refractivity contribution >= 4 is 17.5 Å². The van der Waals surface area contributed by atoms with Crippen LogP contribution in [-0.2, 0) is 14.4 Å². The lowest BCUT2D eigenvalue weighted by Crippen LogP contribution is -2.46. The van der Waals surface area contributed by atoms with Crippen LogP contribution in [0.3, 0.4) is 0 Å². The summed E-state index contributed by atoms with van der Waals surface area (Å²) in [7, 11) is 0. The lowest BCUT2D eigenvalue weighted by molar-refractivity contribution is -0.189. The van der Waals surface area contributed by atoms with Crippen LogP contribution in [0.25, 0.3) is 0 Å². The number of benzene rings is 3. The van der Waals surface area contributed by atoms with E-state index in [0.29, 0.717) is 6.61 Å². The summed E-state index contributed by atoms with van der Waals surface area (Å²) >= 11 is 0. The van der Waals surface area contributed by atoms with Crippen LogP contribution in [-0.4, -0.2) is 61.1 Å². The Morgan fingerprint density at radius 1 is 0.615 bits per heavy atom. The molecule has 6 heteroatoms. The molecule has 2 saturated heterocycles. The molecule has 2 fully saturated rings. The van der Waals surface area contributed by atoms with Gasteiger partial charge in [-0.1, -0.05) is 66.7 Å². The molecule has 8 rings (SSSR count). The fraction of sp³-hybridized carbons (Fsp3) is 0.394. The highest BCUT2D eigenvalue weighted by molar-refractivity contribution is 6.06. The minimum absolute atomic E-state index is 0.0835. The number of piperazine rings is 1. The number of amides is 2. The SMILES string of the molecule is O=C1C2C3c4ccccc4C(c4ccccc43)C2C(=O)N1OCCCCCN1CCN(c2ccccc2)CC1. The van der Waals surface area contributed by atoms with Crippen LogP contribution in [0.5, 0.6) is 0 Å². The third-order valence-corrected chi connectivity index (χ3v) is 9.24. The molecule has 2 amide bonds. The molecule has 2 unspecified atom stereocenters. The van der Waals surface area contributed by atoms with Crippen LogP contribution in [0, 0.1) is 11.8 Å². The van der Waals surface area contributed by atoms with Gasteiger partial charge in [0.2, 0.25) is 0 Å². The predicted octanol–water partition coefficient (Wildman–Crippen LogP) is 4.80. The Balaban J connectivity index is 0.922. The van der Waals surface area contributed by atoms with E-state index in [9.17, 15) is 9.59 Å². The van der Waals surface area contributed by atoms with Crippen molar-refractivity contribution in [3.63, 3.8) is 0 Å². The second-order valence-electron chi connectivity index (χ2n) is 11.3. The van der Waals surface area contributed by atoms with Crippen molar-refractivity contribution in [1.29, 1.82) is 0 Å². The van der Waals surface area contributed by atoms with Crippen LogP contribution < -0.4 is 4.90 Å². The number of carbonyl (C=O) groups excluding carboxylic acids is 2. The quantitative estimate of drug-likeness (QED) is 0.315. The third kappa shape index (κ3) is 4.17. The first-order chi connectivity index (χ1) is 19.2. The molecule has 5 aliphatic rings. The zero-order valence-corrected chi connectivity index (χ0v) is 22.2. The molecule has 39 heavy (non-hydrogen) atoms. The van der Waals surface area contributed by atoms with Crippen molar-refractivity contribution in [1.82, 2.24) is 9.96 Å². The Morgan fingerprint density at radius 2 is 1.13 bits per heavy atom. The molecule has 0 saturated carbocycles. The van der Waals surface area contributed by atoms with Crippen LogP contribution in [0.1, 0.15) is 53.4 Å². The van der Waals surface area contributed by atoms with E-state index in [4.69, 9.17) is 4.84 Å². The number of imide groups is 1. The summed E-state index contributed by atoms with van der Waals surface area (Å²) in [5.41, 5.74) is 6.07. The van der Waals surface area contributed by atoms with Crippen molar-refractivity contribution < 1.29 is 14.4 Å². The lowest BCUT2D eigenvalue weighted by atomic mass is 9.55. The fourth-order valence-corrected chi connectivity index (χ4v) is 7.42. The van der Waals surface area contributed by atoms with E-state index >= 15 is 0 Å². The van der Waals surface area contributed by atoms with Crippen molar-refractivity contribution in [3.05, 3.63) is 101 Å². The second kappa shape index (κ2) is 10.2. The van der Waals surface area contributed by atoms with E-state index in [1.807, 2.05) is 24.3 Å². The predicted molar refractivity (Wildman–Crippen MR) is 150 cm³/mol. The summed E-state index contributed by atoms with van der Waals surface area (Å²) in [6.45, 7) is 5.76. The van der Waals surface area contributed by atoms with E-state index < -0.39 is 0 Å². The highest BCUT2D eigenvalue weighted by Crippen LogP contribution is 2.60. The van der Waals surface area contributed by atoms with E-state index in [2.05, 4.69) is 64.4 Å². The molecule has 0 aromatic heterocycles. The first-order valence-electron chi connectivity index (χ1n) is 14.4. The largest absolute Gasteiger partial charge is 0.369 e. The highest BCUT2D eigenvalue weighted by Gasteiger charge is 2.62. The molecule has 2 atom stereocenters. The molecule has 0 N–H and O–H groups in total. The van der Waals surface area contributed by atoms with E-state index in [1.165, 1.54) is 27.9 Å². The second-order valence-corrected chi connectivity index (χ2v) is 11.3. The number of hydroxylamine groups is 2. The average Bonchev–Trinajstić information content (AvgIpc) is 3.25. The van der Waals surface area contributed by atoms with Gasteiger partial charge in [0.1, 0.15) is 0 Å². The van der Waals surface area contributed by atoms with Crippen molar-refractivity contribution in [2.24, 2.45) is 11.8 Å². The number of nitrogens with zero attached hydrogens (tertiary/aromatic N) is 3. The Bertz CT molecular complexity index is 1250. The van der Waals surface area contributed by atoms with Gasteiger partial charge in [-0.05, 0) is 60.2 Å². The van der Waals surface area contributed by atoms with Crippen LogP contribution in [0.15, 0.2) is 78.9 Å². The van der Waals surface area contributed by atoms with Gasteiger partial charge in [-0.2, -0.15) is 5.06 Å². The van der Waals surface area contributed by atoms with Crippen LogP contribution in [0.4, 0.5) is 5.69 Å². The minimum atomic E-state index is -0.373. The van der Waals surface area contributed by atoms with Gasteiger partial charge in [-0.3, -0.25) is 19.3 Å². The Hall–Kier alpha value is -3.48. The van der Waals surface area contributed by atoms with Crippen molar-refractivity contribution in [2.45, 2.75) is 31.1 Å². The maximum atomic E-state index is 13.6. The topological polar surface area (TPSA) is 53.1 Å². The number of hydrogen-bond donors (Lipinski definition) is 0. The molecule has 0 spiro atoms. The number of para-hydroxylation sites is 1. The molecule has 0 radical (unpaired) electrons. The molecule has 2 bridgehead atoms. The smallest absolute Gasteiger partial charge is 0.258 e. The van der Waals surface area contributed by atoms with Crippen LogP contribution in [0.2, 0.25) is 0 Å². The van der Waals surface area contributed by atoms with Gasteiger partial charge in [0, 0.05) is 43.7 Å². The number of rotatable bonds is 8. The first kappa shape index (κ1) is 24.6. The molecular weight excluding hydrogens is 486 g/mol. The van der Waals surface area contributed by atoms with Gasteiger partial charge in [0.25, 0.3) is 11.8 Å². The Kier molecular flexibility index (Phi) is 6.45. The molecule has 6 nitrogen and oxygen atoms in total. The minimum Gasteiger partial charge on any atom is -0.369 e. The maximum absolute atomic E-state index is 13.6. The molecule has 2 heterocycles. The van der Waals surface area contributed by atoms with E-state index in [1.54, 1.807) is 0 Å². The van der Waals surface area contributed by atoms with E-state index in [0.717, 1.165) is 57.0 Å². The van der Waals surface area contributed by atoms with Gasteiger partial charge < -0.3 is 4.90 Å². The molecule has 2 aliphatic heterocycles. The van der Waals surface area contributed by atoms with Gasteiger partial charge in [0.15, 0.2) is 0 Å². The highest BCUT2D eigenvalue weighted by atomic mass is 16.7.